The zero-order valence-electron chi connectivity index (χ0n) is 11.2. The number of amides is 1. The Balaban J connectivity index is 1.95. The van der Waals surface area contributed by atoms with Crippen molar-refractivity contribution >= 4 is 5.91 Å². The molecule has 0 atom stereocenters. The van der Waals surface area contributed by atoms with Gasteiger partial charge in [-0.1, -0.05) is 25.5 Å². The maximum atomic E-state index is 12.4. The van der Waals surface area contributed by atoms with E-state index in [1.165, 1.54) is 5.57 Å². The van der Waals surface area contributed by atoms with Gasteiger partial charge in [0.2, 0.25) is 5.91 Å². The highest BCUT2D eigenvalue weighted by molar-refractivity contribution is 5.83. The number of nitrogens with zero attached hydrogens (tertiary/aromatic N) is 1. The molecule has 1 saturated heterocycles. The molecule has 2 aliphatic heterocycles. The summed E-state index contributed by atoms with van der Waals surface area (Å²) < 4.78 is 5.18. The molecule has 0 aromatic carbocycles. The van der Waals surface area contributed by atoms with Crippen molar-refractivity contribution in [3.05, 3.63) is 11.6 Å². The van der Waals surface area contributed by atoms with Crippen LogP contribution in [0.1, 0.15) is 33.6 Å². The second-order valence-corrected chi connectivity index (χ2v) is 5.82. The van der Waals surface area contributed by atoms with E-state index >= 15 is 0 Å². The van der Waals surface area contributed by atoms with Crippen molar-refractivity contribution in [2.24, 2.45) is 11.3 Å². The molecule has 17 heavy (non-hydrogen) atoms. The molecule has 3 nitrogen and oxygen atoms in total. The maximum Gasteiger partial charge on any atom is 0.233 e. The first kappa shape index (κ1) is 12.6. The molecule has 2 heterocycles. The van der Waals surface area contributed by atoms with Crippen LogP contribution in [-0.4, -0.2) is 37.1 Å². The Morgan fingerprint density at radius 3 is 2.65 bits per heavy atom. The van der Waals surface area contributed by atoms with Crippen molar-refractivity contribution in [3.63, 3.8) is 0 Å². The summed E-state index contributed by atoms with van der Waals surface area (Å²) in [6.07, 6.45) is 4.34. The van der Waals surface area contributed by atoms with Gasteiger partial charge in [0.25, 0.3) is 0 Å². The fraction of sp³-hybridized carbons (Fsp3) is 0.786. The smallest absolute Gasteiger partial charge is 0.233 e. The molecule has 0 unspecified atom stereocenters. The zero-order chi connectivity index (χ0) is 12.5. The summed E-state index contributed by atoms with van der Waals surface area (Å²) in [4.78, 5) is 14.4. The molecule has 0 aliphatic carbocycles. The first-order valence-corrected chi connectivity index (χ1v) is 6.59. The van der Waals surface area contributed by atoms with Gasteiger partial charge >= 0.3 is 0 Å². The summed E-state index contributed by atoms with van der Waals surface area (Å²) in [5.74, 6) is 0.884. The molecule has 0 bridgehead atoms. The molecule has 0 spiro atoms. The quantitative estimate of drug-likeness (QED) is 0.689. The van der Waals surface area contributed by atoms with E-state index in [0.29, 0.717) is 19.1 Å². The molecule has 96 valence electrons. The van der Waals surface area contributed by atoms with Gasteiger partial charge in [0, 0.05) is 13.1 Å². The Labute approximate surface area is 104 Å². The van der Waals surface area contributed by atoms with Crippen molar-refractivity contribution < 1.29 is 9.53 Å². The monoisotopic (exact) mass is 237 g/mol. The van der Waals surface area contributed by atoms with Crippen LogP contribution in [0.15, 0.2) is 11.6 Å². The summed E-state index contributed by atoms with van der Waals surface area (Å²) >= 11 is 0. The summed E-state index contributed by atoms with van der Waals surface area (Å²) in [5, 5.41) is 0. The fourth-order valence-electron chi connectivity index (χ4n) is 2.52. The third-order valence-corrected chi connectivity index (χ3v) is 3.86. The number of hydrogen-bond donors (Lipinski definition) is 0. The minimum atomic E-state index is -0.248. The van der Waals surface area contributed by atoms with Crippen molar-refractivity contribution in [1.29, 1.82) is 0 Å². The van der Waals surface area contributed by atoms with Crippen LogP contribution in [0.3, 0.4) is 0 Å². The normalized spacial score (nSPS) is 24.0. The van der Waals surface area contributed by atoms with Crippen LogP contribution >= 0.6 is 0 Å². The van der Waals surface area contributed by atoms with E-state index < -0.39 is 0 Å². The number of carbonyl (C=O) groups is 1. The van der Waals surface area contributed by atoms with Gasteiger partial charge in [0.15, 0.2) is 0 Å². The van der Waals surface area contributed by atoms with E-state index in [2.05, 4.69) is 19.9 Å². The lowest BCUT2D eigenvalue weighted by molar-refractivity contribution is -0.168. The summed E-state index contributed by atoms with van der Waals surface area (Å²) in [6, 6.07) is 0. The van der Waals surface area contributed by atoms with Gasteiger partial charge in [-0.2, -0.15) is 0 Å². The Hall–Kier alpha value is -0.830. The topological polar surface area (TPSA) is 29.5 Å². The van der Waals surface area contributed by atoms with Crippen molar-refractivity contribution in [1.82, 2.24) is 4.90 Å². The van der Waals surface area contributed by atoms with E-state index in [9.17, 15) is 4.79 Å². The summed E-state index contributed by atoms with van der Waals surface area (Å²) in [5.41, 5.74) is 1.25. The third-order valence-electron chi connectivity index (χ3n) is 3.86. The molecule has 0 aromatic rings. The van der Waals surface area contributed by atoms with Crippen molar-refractivity contribution in [2.45, 2.75) is 33.6 Å². The Bertz CT molecular complexity index is 329. The molecule has 0 aromatic heterocycles. The maximum absolute atomic E-state index is 12.4. The van der Waals surface area contributed by atoms with Crippen LogP contribution in [0.5, 0.6) is 0 Å². The lowest BCUT2D eigenvalue weighted by Gasteiger charge is -2.40. The predicted octanol–water partition coefficient (Wildman–Crippen LogP) is 2.23. The Morgan fingerprint density at radius 2 is 2.12 bits per heavy atom. The molecule has 0 N–H and O–H groups in total. The van der Waals surface area contributed by atoms with Crippen LogP contribution in [0.2, 0.25) is 0 Å². The molecule has 0 saturated carbocycles. The van der Waals surface area contributed by atoms with E-state index in [-0.39, 0.29) is 11.3 Å². The number of rotatable bonds is 2. The minimum absolute atomic E-state index is 0.248. The first-order chi connectivity index (χ1) is 8.03. The molecular formula is C14H23NO2. The number of ether oxygens (including phenoxy) is 1. The van der Waals surface area contributed by atoms with Gasteiger partial charge in [-0.3, -0.25) is 4.79 Å². The van der Waals surface area contributed by atoms with E-state index in [1.807, 2.05) is 11.8 Å². The highest BCUT2D eigenvalue weighted by Gasteiger charge is 2.43. The van der Waals surface area contributed by atoms with Gasteiger partial charge in [-0.15, -0.1) is 0 Å². The largest absolute Gasteiger partial charge is 0.379 e. The van der Waals surface area contributed by atoms with Gasteiger partial charge in [-0.05, 0) is 25.7 Å². The zero-order valence-corrected chi connectivity index (χ0v) is 11.2. The lowest BCUT2D eigenvalue weighted by Crippen LogP contribution is -2.53. The van der Waals surface area contributed by atoms with Gasteiger partial charge < -0.3 is 9.64 Å². The van der Waals surface area contributed by atoms with E-state index in [4.69, 9.17) is 4.74 Å². The average Bonchev–Trinajstić information content (AvgIpc) is 2.50. The van der Waals surface area contributed by atoms with Crippen molar-refractivity contribution in [2.75, 3.05) is 26.3 Å². The van der Waals surface area contributed by atoms with E-state index in [0.717, 1.165) is 25.9 Å². The van der Waals surface area contributed by atoms with Gasteiger partial charge in [-0.25, -0.2) is 0 Å². The molecule has 2 rings (SSSR count). The number of hydrogen-bond acceptors (Lipinski definition) is 2. The van der Waals surface area contributed by atoms with Crippen LogP contribution < -0.4 is 0 Å². The highest BCUT2D eigenvalue weighted by Crippen LogP contribution is 2.30. The first-order valence-electron chi connectivity index (χ1n) is 6.59. The standard InChI is InChI=1S/C14H23NO2/c1-11(2)12-5-4-7-15(8-6-12)13(16)14(3)9-17-10-14/h5,11H,4,6-10H2,1-3H3. The SMILES string of the molecule is CC(C)C1=CCCN(C(=O)C2(C)COC2)CC1. The number of carbonyl (C=O) groups excluding carboxylic acids is 1. The summed E-state index contributed by atoms with van der Waals surface area (Å²) in [7, 11) is 0. The van der Waals surface area contributed by atoms with Gasteiger partial charge in [0.1, 0.15) is 0 Å². The molecule has 1 amide bonds. The van der Waals surface area contributed by atoms with Crippen LogP contribution in [0, 0.1) is 11.3 Å². The highest BCUT2D eigenvalue weighted by atomic mass is 16.5. The van der Waals surface area contributed by atoms with E-state index in [1.54, 1.807) is 0 Å². The molecule has 1 fully saturated rings. The lowest BCUT2D eigenvalue weighted by atomic mass is 9.87. The van der Waals surface area contributed by atoms with Crippen molar-refractivity contribution in [3.8, 4) is 0 Å². The molecule has 0 radical (unpaired) electrons. The van der Waals surface area contributed by atoms with Crippen LogP contribution in [-0.2, 0) is 9.53 Å². The molecule has 2 aliphatic rings. The molecule has 3 heteroatoms. The molecular weight excluding hydrogens is 214 g/mol. The predicted molar refractivity (Wildman–Crippen MR) is 67.7 cm³/mol. The second-order valence-electron chi connectivity index (χ2n) is 5.82. The minimum Gasteiger partial charge on any atom is -0.379 e. The summed E-state index contributed by atoms with van der Waals surface area (Å²) in [6.45, 7) is 9.39. The Morgan fingerprint density at radius 1 is 1.41 bits per heavy atom. The van der Waals surface area contributed by atoms with Crippen LogP contribution in [0.25, 0.3) is 0 Å². The Kier molecular flexibility index (Phi) is 3.57. The second kappa shape index (κ2) is 4.81. The van der Waals surface area contributed by atoms with Gasteiger partial charge in [0.05, 0.1) is 18.6 Å². The fourth-order valence-corrected chi connectivity index (χ4v) is 2.52. The third kappa shape index (κ3) is 2.54. The van der Waals surface area contributed by atoms with Crippen LogP contribution in [0.4, 0.5) is 0 Å². The average molecular weight is 237 g/mol.